The zero-order valence-electron chi connectivity index (χ0n) is 20.9. The average molecular weight is 497 g/mol. The Balaban J connectivity index is 1.32. The van der Waals surface area contributed by atoms with Gasteiger partial charge in [-0.05, 0) is 35.9 Å². The summed E-state index contributed by atoms with van der Waals surface area (Å²) in [6, 6.07) is 7.38. The van der Waals surface area contributed by atoms with Gasteiger partial charge in [-0.1, -0.05) is 0 Å². The zero-order chi connectivity index (χ0) is 26.6. The van der Waals surface area contributed by atoms with Gasteiger partial charge < -0.3 is 23.8 Å². The number of amides is 1. The second-order valence-electron chi connectivity index (χ2n) is 9.15. The molecule has 0 radical (unpaired) electrons. The summed E-state index contributed by atoms with van der Waals surface area (Å²) in [5, 5.41) is 0. The summed E-state index contributed by atoms with van der Waals surface area (Å²) in [6.45, 7) is -2.40. The van der Waals surface area contributed by atoms with Gasteiger partial charge in [0.15, 0.2) is 11.5 Å². The number of carbonyl (C=O) groups excluding carboxylic acids is 1. The van der Waals surface area contributed by atoms with Crippen molar-refractivity contribution in [3.63, 3.8) is 0 Å². The molecule has 1 amide bonds. The topological polar surface area (TPSA) is 57.2 Å². The van der Waals surface area contributed by atoms with Crippen LogP contribution in [-0.4, -0.2) is 56.4 Å². The molecular formula is C25H25F4NO5. The van der Waals surface area contributed by atoms with E-state index in [9.17, 15) is 22.4 Å². The normalized spacial score (nSPS) is 27.9. The van der Waals surface area contributed by atoms with E-state index in [1.54, 1.807) is 0 Å². The Morgan fingerprint density at radius 2 is 1.91 bits per heavy atom. The van der Waals surface area contributed by atoms with E-state index in [0.717, 1.165) is 12.1 Å². The van der Waals surface area contributed by atoms with Gasteiger partial charge in [0, 0.05) is 43.4 Å². The van der Waals surface area contributed by atoms with E-state index in [1.165, 1.54) is 30.2 Å². The van der Waals surface area contributed by atoms with Crippen LogP contribution in [0, 0.1) is 17.6 Å². The van der Waals surface area contributed by atoms with Crippen LogP contribution in [0.25, 0.3) is 0 Å². The fourth-order valence-electron chi connectivity index (χ4n) is 4.89. The highest BCUT2D eigenvalue weighted by molar-refractivity contribution is 5.95. The maximum atomic E-state index is 14.0. The second kappa shape index (κ2) is 8.98. The Labute approximate surface area is 202 Å². The number of alkyl halides is 2. The summed E-state index contributed by atoms with van der Waals surface area (Å²) >= 11 is 0. The van der Waals surface area contributed by atoms with E-state index in [0.29, 0.717) is 11.8 Å². The predicted molar refractivity (Wildman–Crippen MR) is 116 cm³/mol. The highest BCUT2D eigenvalue weighted by Gasteiger charge is 2.51. The molecule has 1 saturated carbocycles. The molecule has 5 rings (SSSR count). The smallest absolute Gasteiger partial charge is 0.254 e. The van der Waals surface area contributed by atoms with Crippen LogP contribution in [0.4, 0.5) is 17.6 Å². The minimum atomic E-state index is -2.64. The van der Waals surface area contributed by atoms with Crippen LogP contribution in [0.2, 0.25) is 0 Å². The fraction of sp³-hybridized carbons (Fsp3) is 0.480. The van der Waals surface area contributed by atoms with Gasteiger partial charge in [-0.2, -0.15) is 0 Å². The van der Waals surface area contributed by atoms with Gasteiger partial charge in [0.05, 0.1) is 23.0 Å². The van der Waals surface area contributed by atoms with E-state index < -0.39 is 41.9 Å². The molecule has 0 spiro atoms. The highest BCUT2D eigenvalue weighted by Crippen LogP contribution is 2.44. The lowest BCUT2D eigenvalue weighted by molar-refractivity contribution is -0.119. The van der Waals surface area contributed by atoms with Gasteiger partial charge in [0.2, 0.25) is 5.92 Å². The van der Waals surface area contributed by atoms with Crippen molar-refractivity contribution >= 4 is 5.91 Å². The number of likely N-dealkylation sites (tertiary alicyclic amines) is 1. The van der Waals surface area contributed by atoms with Gasteiger partial charge >= 0.3 is 0 Å². The minimum Gasteiger partial charge on any atom is -0.493 e. The lowest BCUT2D eigenvalue weighted by Crippen LogP contribution is -2.53. The first-order chi connectivity index (χ1) is 17.4. The summed E-state index contributed by atoms with van der Waals surface area (Å²) in [7, 11) is 1.40. The molecule has 0 N–H and O–H groups in total. The number of ether oxygens (including phenoxy) is 4. The van der Waals surface area contributed by atoms with E-state index >= 15 is 0 Å². The molecule has 2 saturated heterocycles. The maximum Gasteiger partial charge on any atom is 0.254 e. The Morgan fingerprint density at radius 1 is 1.17 bits per heavy atom. The molecule has 0 unspecified atom stereocenters. The largest absolute Gasteiger partial charge is 0.493 e. The first kappa shape index (κ1) is 21.4. The first-order valence-electron chi connectivity index (χ1n) is 12.2. The third-order valence-corrected chi connectivity index (χ3v) is 6.77. The number of rotatable bonds is 6. The molecule has 2 atom stereocenters. The number of hydrogen-bond donors (Lipinski definition) is 0. The van der Waals surface area contributed by atoms with Gasteiger partial charge in [-0.15, -0.1) is 0 Å². The lowest BCUT2D eigenvalue weighted by atomic mass is 9.82. The highest BCUT2D eigenvalue weighted by atomic mass is 19.3. The van der Waals surface area contributed by atoms with Gasteiger partial charge in [0.25, 0.3) is 5.91 Å². The summed E-state index contributed by atoms with van der Waals surface area (Å²) in [5.74, 6) is -4.39. The number of piperidine rings is 1. The van der Waals surface area contributed by atoms with Crippen molar-refractivity contribution in [2.24, 2.45) is 5.92 Å². The molecule has 2 heterocycles. The Bertz CT molecular complexity index is 1190. The molecule has 3 aliphatic rings. The third-order valence-electron chi connectivity index (χ3n) is 6.77. The van der Waals surface area contributed by atoms with Crippen LogP contribution in [-0.2, 0) is 15.1 Å². The van der Waals surface area contributed by atoms with Crippen LogP contribution >= 0.6 is 0 Å². The van der Waals surface area contributed by atoms with Crippen LogP contribution in [0.5, 0.6) is 11.5 Å². The molecular weight excluding hydrogens is 470 g/mol. The van der Waals surface area contributed by atoms with E-state index in [-0.39, 0.29) is 61.8 Å². The standard InChI is InChI=1S/C25H25F4NO5/c1-32-21-6-16(2-3-20(21)33-13-15-10-24(28,29)11-15)23(31)30-5-4-25(22(12-30)34-14-35-25)17-7-18(26)9-19(27)8-17/h2-3,6-9,15,22H,4-5,10-14H2,1H3/t22-,25-/m1/s1/i14D2. The zero-order valence-corrected chi connectivity index (χ0v) is 18.9. The number of halogens is 4. The molecule has 0 bridgehead atoms. The monoisotopic (exact) mass is 497 g/mol. The molecule has 188 valence electrons. The third kappa shape index (κ3) is 4.56. The summed E-state index contributed by atoms with van der Waals surface area (Å²) in [4.78, 5) is 14.7. The Morgan fingerprint density at radius 3 is 2.60 bits per heavy atom. The van der Waals surface area contributed by atoms with Crippen molar-refractivity contribution in [3.8, 4) is 11.5 Å². The number of hydrogen-bond acceptors (Lipinski definition) is 5. The summed E-state index contributed by atoms with van der Waals surface area (Å²) < 4.78 is 91.9. The number of carbonyl (C=O) groups is 1. The number of methoxy groups -OCH3 is 1. The average Bonchev–Trinajstić information content (AvgIpc) is 3.10. The minimum absolute atomic E-state index is 0.0379. The first-order valence-corrected chi connectivity index (χ1v) is 11.2. The molecule has 2 aromatic carbocycles. The van der Waals surface area contributed by atoms with Gasteiger partial charge in [-0.3, -0.25) is 4.79 Å². The molecule has 1 aliphatic carbocycles. The van der Waals surface area contributed by atoms with Crippen molar-refractivity contribution in [3.05, 3.63) is 59.2 Å². The van der Waals surface area contributed by atoms with Gasteiger partial charge in [-0.25, -0.2) is 17.6 Å². The number of benzene rings is 2. The molecule has 2 aromatic rings. The Kier molecular flexibility index (Phi) is 5.50. The predicted octanol–water partition coefficient (Wildman–Crippen LogP) is 4.51. The quantitative estimate of drug-likeness (QED) is 0.550. The molecule has 6 nitrogen and oxygen atoms in total. The van der Waals surface area contributed by atoms with Crippen LogP contribution < -0.4 is 9.47 Å². The number of fused-ring (bicyclic) bond motifs is 1. The second-order valence-corrected chi connectivity index (χ2v) is 9.15. The van der Waals surface area contributed by atoms with Crippen molar-refractivity contribution in [2.45, 2.75) is 36.9 Å². The van der Waals surface area contributed by atoms with E-state index in [1.807, 2.05) is 0 Å². The van der Waals surface area contributed by atoms with E-state index in [4.69, 9.17) is 21.7 Å². The SMILES string of the molecule is [2H]C1([2H])O[C@@H]2CN(C(=O)c3ccc(OCC4CC(F)(F)C4)c(OC)c3)CC[C@]2(c2cc(F)cc(F)c2)O1. The van der Waals surface area contributed by atoms with Crippen LogP contribution in [0.1, 0.15) is 37.9 Å². The van der Waals surface area contributed by atoms with Crippen molar-refractivity contribution < 1.29 is 44.0 Å². The fourth-order valence-corrected chi connectivity index (χ4v) is 4.89. The van der Waals surface area contributed by atoms with Crippen LogP contribution in [0.3, 0.4) is 0 Å². The van der Waals surface area contributed by atoms with Crippen LogP contribution in [0.15, 0.2) is 36.4 Å². The molecule has 3 fully saturated rings. The lowest BCUT2D eigenvalue weighted by Gasteiger charge is -2.42. The van der Waals surface area contributed by atoms with Crippen molar-refractivity contribution in [1.29, 1.82) is 0 Å². The Hall–Kier alpha value is -2.85. The molecule has 10 heteroatoms. The molecule has 0 aromatic heterocycles. The van der Waals surface area contributed by atoms with E-state index in [2.05, 4.69) is 0 Å². The van der Waals surface area contributed by atoms with Crippen molar-refractivity contribution in [1.82, 2.24) is 4.90 Å². The molecule has 35 heavy (non-hydrogen) atoms. The summed E-state index contributed by atoms with van der Waals surface area (Å²) in [6.07, 6.45) is -1.44. The van der Waals surface area contributed by atoms with Crippen molar-refractivity contribution in [2.75, 3.05) is 33.6 Å². The van der Waals surface area contributed by atoms with Gasteiger partial charge in [0.1, 0.15) is 30.1 Å². The maximum absolute atomic E-state index is 14.0. The number of nitrogens with zero attached hydrogens (tertiary/aromatic N) is 1. The molecule has 2 aliphatic heterocycles. The summed E-state index contributed by atoms with van der Waals surface area (Å²) in [5.41, 5.74) is -1.13.